The SMILES string of the molecule is CCC(C)C(NC(=O)C(CS)NC(=O)C(C)N)C(=O)N1CCCC1C(=O)O. The largest absolute Gasteiger partial charge is 0.480 e. The minimum atomic E-state index is -1.05. The zero-order valence-electron chi connectivity index (χ0n) is 16.0. The number of hydrogen-bond acceptors (Lipinski definition) is 6. The summed E-state index contributed by atoms with van der Waals surface area (Å²) in [7, 11) is 0. The van der Waals surface area contributed by atoms with Crippen LogP contribution in [0.1, 0.15) is 40.0 Å². The summed E-state index contributed by atoms with van der Waals surface area (Å²) in [4.78, 5) is 50.0. The summed E-state index contributed by atoms with van der Waals surface area (Å²) in [5.41, 5.74) is 5.50. The lowest BCUT2D eigenvalue weighted by Crippen LogP contribution is -2.59. The monoisotopic (exact) mass is 402 g/mol. The van der Waals surface area contributed by atoms with Gasteiger partial charge >= 0.3 is 5.97 Å². The molecule has 0 aromatic rings. The molecular formula is C17H30N4O5S. The van der Waals surface area contributed by atoms with E-state index < -0.39 is 47.9 Å². The summed E-state index contributed by atoms with van der Waals surface area (Å²) < 4.78 is 0. The van der Waals surface area contributed by atoms with Gasteiger partial charge in [-0.05, 0) is 25.7 Å². The first-order chi connectivity index (χ1) is 12.6. The Bertz CT molecular complexity index is 572. The molecule has 1 aliphatic heterocycles. The Hall–Kier alpha value is -1.81. The van der Waals surface area contributed by atoms with Crippen LogP contribution in [0.4, 0.5) is 0 Å². The van der Waals surface area contributed by atoms with Crippen molar-refractivity contribution in [2.75, 3.05) is 12.3 Å². The van der Waals surface area contributed by atoms with Crippen LogP contribution >= 0.6 is 12.6 Å². The van der Waals surface area contributed by atoms with Gasteiger partial charge in [0.1, 0.15) is 18.1 Å². The Morgan fingerprint density at radius 3 is 2.33 bits per heavy atom. The van der Waals surface area contributed by atoms with Gasteiger partial charge in [0.05, 0.1) is 6.04 Å². The van der Waals surface area contributed by atoms with Crippen molar-refractivity contribution in [3.8, 4) is 0 Å². The van der Waals surface area contributed by atoms with E-state index in [0.717, 1.165) is 0 Å². The lowest BCUT2D eigenvalue weighted by molar-refractivity contribution is -0.150. The molecule has 1 aliphatic rings. The first kappa shape index (κ1) is 23.2. The summed E-state index contributed by atoms with van der Waals surface area (Å²) in [5, 5.41) is 14.5. The molecule has 0 aromatic heterocycles. The zero-order valence-corrected chi connectivity index (χ0v) is 16.9. The standard InChI is InChI=1S/C17H30N4O5S/c1-4-9(2)13(16(24)21-7-5-6-12(21)17(25)26)20-15(23)11(8-27)19-14(22)10(3)18/h9-13,27H,4-8,18H2,1-3H3,(H,19,22)(H,20,23)(H,25,26). The van der Waals surface area contributed by atoms with Crippen molar-refractivity contribution >= 4 is 36.3 Å². The van der Waals surface area contributed by atoms with E-state index in [9.17, 15) is 24.3 Å². The molecular weight excluding hydrogens is 372 g/mol. The first-order valence-corrected chi connectivity index (χ1v) is 9.77. The van der Waals surface area contributed by atoms with Crippen LogP contribution in [0.3, 0.4) is 0 Å². The summed E-state index contributed by atoms with van der Waals surface area (Å²) in [6, 6.07) is -3.48. The van der Waals surface area contributed by atoms with Gasteiger partial charge in [0.25, 0.3) is 0 Å². The van der Waals surface area contributed by atoms with Gasteiger partial charge in [-0.25, -0.2) is 4.79 Å². The van der Waals surface area contributed by atoms with Crippen LogP contribution in [0.25, 0.3) is 0 Å². The maximum atomic E-state index is 13.0. The van der Waals surface area contributed by atoms with E-state index >= 15 is 0 Å². The van der Waals surface area contributed by atoms with Crippen LogP contribution < -0.4 is 16.4 Å². The highest BCUT2D eigenvalue weighted by molar-refractivity contribution is 7.80. The molecule has 10 heteroatoms. The molecule has 3 amide bonds. The van der Waals surface area contributed by atoms with Gasteiger partial charge in [-0.3, -0.25) is 14.4 Å². The van der Waals surface area contributed by atoms with Crippen molar-refractivity contribution in [1.82, 2.24) is 15.5 Å². The number of nitrogens with zero attached hydrogens (tertiary/aromatic N) is 1. The molecule has 0 spiro atoms. The van der Waals surface area contributed by atoms with E-state index in [2.05, 4.69) is 23.3 Å². The quantitative estimate of drug-likeness (QED) is 0.325. The Morgan fingerprint density at radius 1 is 1.22 bits per heavy atom. The highest BCUT2D eigenvalue weighted by atomic mass is 32.1. The molecule has 0 radical (unpaired) electrons. The smallest absolute Gasteiger partial charge is 0.326 e. The summed E-state index contributed by atoms with van der Waals surface area (Å²) in [6.07, 6.45) is 1.61. The fraction of sp³-hybridized carbons (Fsp3) is 0.765. The van der Waals surface area contributed by atoms with E-state index in [1.807, 2.05) is 13.8 Å². The number of hydrogen-bond donors (Lipinski definition) is 5. The number of nitrogens with two attached hydrogens (primary N) is 1. The average Bonchev–Trinajstić information content (AvgIpc) is 3.12. The molecule has 0 bridgehead atoms. The fourth-order valence-corrected chi connectivity index (χ4v) is 3.16. The van der Waals surface area contributed by atoms with Crippen molar-refractivity contribution in [3.63, 3.8) is 0 Å². The molecule has 5 unspecified atom stereocenters. The van der Waals surface area contributed by atoms with Crippen LogP contribution in [-0.4, -0.2) is 70.2 Å². The number of aliphatic carboxylic acids is 1. The minimum Gasteiger partial charge on any atom is -0.480 e. The molecule has 1 rings (SSSR count). The molecule has 27 heavy (non-hydrogen) atoms. The second kappa shape index (κ2) is 10.5. The lowest BCUT2D eigenvalue weighted by atomic mass is 9.97. The van der Waals surface area contributed by atoms with E-state index in [1.165, 1.54) is 11.8 Å². The number of carbonyl (C=O) groups is 4. The normalized spacial score (nSPS) is 21.1. The van der Waals surface area contributed by atoms with Gasteiger partial charge in [-0.15, -0.1) is 0 Å². The number of carboxylic acids is 1. The van der Waals surface area contributed by atoms with Gasteiger partial charge in [-0.1, -0.05) is 20.3 Å². The molecule has 0 aliphatic carbocycles. The third kappa shape index (κ3) is 6.10. The number of nitrogens with one attached hydrogen (secondary N) is 2. The van der Waals surface area contributed by atoms with Crippen LogP contribution in [0.15, 0.2) is 0 Å². The molecule has 5 atom stereocenters. The lowest BCUT2D eigenvalue weighted by Gasteiger charge is -2.31. The molecule has 1 fully saturated rings. The number of likely N-dealkylation sites (tertiary alicyclic amines) is 1. The minimum absolute atomic E-state index is 0.0349. The molecule has 1 heterocycles. The van der Waals surface area contributed by atoms with Gasteiger partial charge < -0.3 is 26.4 Å². The third-order valence-electron chi connectivity index (χ3n) is 4.83. The Kier molecular flexibility index (Phi) is 9.04. The molecule has 1 saturated heterocycles. The van der Waals surface area contributed by atoms with Crippen LogP contribution in [-0.2, 0) is 19.2 Å². The van der Waals surface area contributed by atoms with Gasteiger partial charge in [-0.2, -0.15) is 12.6 Å². The second-order valence-corrected chi connectivity index (χ2v) is 7.30. The van der Waals surface area contributed by atoms with Crippen LogP contribution in [0.2, 0.25) is 0 Å². The average molecular weight is 403 g/mol. The van der Waals surface area contributed by atoms with E-state index in [0.29, 0.717) is 25.8 Å². The summed E-state index contributed by atoms with van der Waals surface area (Å²) >= 11 is 4.09. The first-order valence-electron chi connectivity index (χ1n) is 9.14. The number of rotatable bonds is 9. The van der Waals surface area contributed by atoms with Crippen molar-refractivity contribution in [2.45, 2.75) is 64.2 Å². The Labute approximate surface area is 164 Å². The summed E-state index contributed by atoms with van der Waals surface area (Å²) in [5.74, 6) is -2.69. The second-order valence-electron chi connectivity index (χ2n) is 6.93. The molecule has 9 nitrogen and oxygen atoms in total. The Balaban J connectivity index is 2.93. The fourth-order valence-electron chi connectivity index (χ4n) is 2.90. The predicted molar refractivity (Wildman–Crippen MR) is 103 cm³/mol. The van der Waals surface area contributed by atoms with Crippen LogP contribution in [0, 0.1) is 5.92 Å². The maximum absolute atomic E-state index is 13.0. The highest BCUT2D eigenvalue weighted by Crippen LogP contribution is 2.21. The number of thiol groups is 1. The van der Waals surface area contributed by atoms with E-state index in [4.69, 9.17) is 5.73 Å². The number of carboxylic acid groups (broad SMARTS) is 1. The van der Waals surface area contributed by atoms with Gasteiger partial charge in [0.2, 0.25) is 17.7 Å². The van der Waals surface area contributed by atoms with Crippen molar-refractivity contribution in [3.05, 3.63) is 0 Å². The summed E-state index contributed by atoms with van der Waals surface area (Å²) in [6.45, 7) is 5.53. The number of amides is 3. The van der Waals surface area contributed by atoms with Gasteiger partial charge in [0.15, 0.2) is 0 Å². The van der Waals surface area contributed by atoms with Crippen molar-refractivity contribution in [1.29, 1.82) is 0 Å². The van der Waals surface area contributed by atoms with Gasteiger partial charge in [0, 0.05) is 12.3 Å². The highest BCUT2D eigenvalue weighted by Gasteiger charge is 2.39. The van der Waals surface area contributed by atoms with E-state index in [1.54, 1.807) is 0 Å². The predicted octanol–water partition coefficient (Wildman–Crippen LogP) is -0.645. The van der Waals surface area contributed by atoms with Crippen molar-refractivity contribution in [2.24, 2.45) is 11.7 Å². The Morgan fingerprint density at radius 2 is 1.85 bits per heavy atom. The number of carbonyl (C=O) groups excluding carboxylic acids is 3. The third-order valence-corrected chi connectivity index (χ3v) is 5.19. The molecule has 0 saturated carbocycles. The van der Waals surface area contributed by atoms with Crippen molar-refractivity contribution < 1.29 is 24.3 Å². The van der Waals surface area contributed by atoms with Crippen LogP contribution in [0.5, 0.6) is 0 Å². The maximum Gasteiger partial charge on any atom is 0.326 e. The topological polar surface area (TPSA) is 142 Å². The molecule has 154 valence electrons. The van der Waals surface area contributed by atoms with E-state index in [-0.39, 0.29) is 11.7 Å². The molecule has 5 N–H and O–H groups in total. The molecule has 0 aromatic carbocycles. The zero-order chi connectivity index (χ0) is 20.7.